The topological polar surface area (TPSA) is 32.8 Å². The molecule has 1 saturated heterocycles. The lowest BCUT2D eigenvalue weighted by Gasteiger charge is -2.30. The molecule has 2 aromatic rings. The molecule has 0 saturated carbocycles. The first kappa shape index (κ1) is 18.8. The number of carbonyl (C=O) groups excluding carboxylic acids is 1. The van der Waals surface area contributed by atoms with Crippen LogP contribution >= 0.6 is 0 Å². The van der Waals surface area contributed by atoms with Crippen LogP contribution in [0.15, 0.2) is 54.6 Å². The lowest BCUT2D eigenvalue weighted by Crippen LogP contribution is -2.39. The standard InChI is InChI=1S/C24H28N2O2/c1-28-24(27)13-12-19-8-10-20(11-9-19)17-25-15-4-6-22(25)18-26-16-14-21-5-2-3-7-23(21)26/h2-3,5,7-13,22H,4,6,14-18H2,1H3/b13-12+. The normalized spacial score (nSPS) is 19.3. The Hall–Kier alpha value is -2.59. The Bertz CT molecular complexity index is 844. The molecule has 2 aliphatic heterocycles. The number of fused-ring (bicyclic) bond motifs is 1. The highest BCUT2D eigenvalue weighted by molar-refractivity contribution is 5.86. The SMILES string of the molecule is COC(=O)/C=C/c1ccc(CN2CCCC2CN2CCc3ccccc32)cc1. The van der Waals surface area contributed by atoms with Crippen LogP contribution in [0.1, 0.15) is 29.5 Å². The third-order valence-corrected chi connectivity index (χ3v) is 5.89. The summed E-state index contributed by atoms with van der Waals surface area (Å²) >= 11 is 0. The minimum Gasteiger partial charge on any atom is -0.466 e. The lowest BCUT2D eigenvalue weighted by molar-refractivity contribution is -0.134. The molecule has 1 unspecified atom stereocenters. The van der Waals surface area contributed by atoms with E-state index >= 15 is 0 Å². The van der Waals surface area contributed by atoms with Crippen LogP contribution in [0.3, 0.4) is 0 Å². The minimum absolute atomic E-state index is 0.326. The van der Waals surface area contributed by atoms with Gasteiger partial charge in [-0.05, 0) is 54.6 Å². The molecule has 2 heterocycles. The summed E-state index contributed by atoms with van der Waals surface area (Å²) in [5.74, 6) is -0.326. The number of anilines is 1. The maximum absolute atomic E-state index is 11.2. The number of methoxy groups -OCH3 is 1. The molecule has 0 aromatic heterocycles. The highest BCUT2D eigenvalue weighted by atomic mass is 16.5. The number of hydrogen-bond acceptors (Lipinski definition) is 4. The molecule has 2 aliphatic rings. The van der Waals surface area contributed by atoms with Crippen LogP contribution in [0, 0.1) is 0 Å². The van der Waals surface area contributed by atoms with Gasteiger partial charge in [0.25, 0.3) is 0 Å². The number of ether oxygens (including phenoxy) is 1. The van der Waals surface area contributed by atoms with Crippen LogP contribution in [0.5, 0.6) is 0 Å². The van der Waals surface area contributed by atoms with Crippen LogP contribution in [-0.2, 0) is 22.5 Å². The Balaban J connectivity index is 1.37. The van der Waals surface area contributed by atoms with Crippen molar-refractivity contribution in [2.75, 3.05) is 31.6 Å². The molecule has 1 atom stereocenters. The van der Waals surface area contributed by atoms with Crippen molar-refractivity contribution in [3.05, 3.63) is 71.3 Å². The second-order valence-corrected chi connectivity index (χ2v) is 7.69. The van der Waals surface area contributed by atoms with Gasteiger partial charge in [0, 0.05) is 37.4 Å². The van der Waals surface area contributed by atoms with Crippen molar-refractivity contribution in [1.82, 2.24) is 4.90 Å². The molecule has 0 N–H and O–H groups in total. The summed E-state index contributed by atoms with van der Waals surface area (Å²) in [6.07, 6.45) is 6.97. The van der Waals surface area contributed by atoms with Gasteiger partial charge in [0.05, 0.1) is 7.11 Å². The van der Waals surface area contributed by atoms with Gasteiger partial charge in [-0.1, -0.05) is 42.5 Å². The summed E-state index contributed by atoms with van der Waals surface area (Å²) in [4.78, 5) is 16.4. The first-order valence-corrected chi connectivity index (χ1v) is 10.1. The average molecular weight is 377 g/mol. The Morgan fingerprint density at radius 1 is 1.14 bits per heavy atom. The molecule has 146 valence electrons. The number of carbonyl (C=O) groups is 1. The van der Waals surface area contributed by atoms with Crippen LogP contribution in [0.4, 0.5) is 5.69 Å². The first-order chi connectivity index (χ1) is 13.7. The van der Waals surface area contributed by atoms with E-state index in [2.05, 4.69) is 63.1 Å². The van der Waals surface area contributed by atoms with E-state index in [1.165, 1.54) is 55.8 Å². The van der Waals surface area contributed by atoms with Crippen molar-refractivity contribution in [3.63, 3.8) is 0 Å². The van der Waals surface area contributed by atoms with Gasteiger partial charge in [-0.3, -0.25) is 4.90 Å². The molecule has 4 heteroatoms. The van der Waals surface area contributed by atoms with Gasteiger partial charge in [0.1, 0.15) is 0 Å². The Morgan fingerprint density at radius 3 is 2.79 bits per heavy atom. The second kappa shape index (κ2) is 8.61. The molecule has 0 radical (unpaired) electrons. The summed E-state index contributed by atoms with van der Waals surface area (Å²) < 4.78 is 4.64. The first-order valence-electron chi connectivity index (χ1n) is 10.1. The van der Waals surface area contributed by atoms with Crippen molar-refractivity contribution in [2.45, 2.75) is 31.8 Å². The van der Waals surface area contributed by atoms with E-state index < -0.39 is 0 Å². The fourth-order valence-corrected chi connectivity index (χ4v) is 4.36. The molecular weight excluding hydrogens is 348 g/mol. The van der Waals surface area contributed by atoms with Crippen molar-refractivity contribution in [1.29, 1.82) is 0 Å². The van der Waals surface area contributed by atoms with E-state index in [4.69, 9.17) is 0 Å². The monoisotopic (exact) mass is 376 g/mol. The largest absolute Gasteiger partial charge is 0.466 e. The van der Waals surface area contributed by atoms with Crippen LogP contribution in [0.25, 0.3) is 6.08 Å². The van der Waals surface area contributed by atoms with Crippen molar-refractivity contribution < 1.29 is 9.53 Å². The van der Waals surface area contributed by atoms with E-state index in [-0.39, 0.29) is 5.97 Å². The zero-order valence-corrected chi connectivity index (χ0v) is 16.5. The average Bonchev–Trinajstić information content (AvgIpc) is 3.35. The molecule has 28 heavy (non-hydrogen) atoms. The van der Waals surface area contributed by atoms with Crippen molar-refractivity contribution >= 4 is 17.7 Å². The fraction of sp³-hybridized carbons (Fsp3) is 0.375. The maximum atomic E-state index is 11.2. The van der Waals surface area contributed by atoms with Gasteiger partial charge in [0.2, 0.25) is 0 Å². The van der Waals surface area contributed by atoms with E-state index in [1.807, 2.05) is 0 Å². The third-order valence-electron chi connectivity index (χ3n) is 5.89. The summed E-state index contributed by atoms with van der Waals surface area (Å²) in [7, 11) is 1.39. The van der Waals surface area contributed by atoms with Crippen molar-refractivity contribution in [2.24, 2.45) is 0 Å². The maximum Gasteiger partial charge on any atom is 0.330 e. The summed E-state index contributed by atoms with van der Waals surface area (Å²) in [5, 5.41) is 0. The van der Waals surface area contributed by atoms with Gasteiger partial charge >= 0.3 is 5.97 Å². The van der Waals surface area contributed by atoms with Gasteiger partial charge in [0.15, 0.2) is 0 Å². The lowest BCUT2D eigenvalue weighted by atomic mass is 10.1. The number of benzene rings is 2. The summed E-state index contributed by atoms with van der Waals surface area (Å²) in [5.41, 5.74) is 5.25. The summed E-state index contributed by atoms with van der Waals surface area (Å²) in [6.45, 7) is 4.42. The highest BCUT2D eigenvalue weighted by Crippen LogP contribution is 2.30. The van der Waals surface area contributed by atoms with Crippen molar-refractivity contribution in [3.8, 4) is 0 Å². The van der Waals surface area contributed by atoms with Crippen LogP contribution < -0.4 is 4.90 Å². The predicted molar refractivity (Wildman–Crippen MR) is 113 cm³/mol. The number of para-hydroxylation sites is 1. The Labute approximate surface area is 167 Å². The quantitative estimate of drug-likeness (QED) is 0.565. The smallest absolute Gasteiger partial charge is 0.330 e. The fourth-order valence-electron chi connectivity index (χ4n) is 4.36. The molecule has 4 nitrogen and oxygen atoms in total. The second-order valence-electron chi connectivity index (χ2n) is 7.69. The van der Waals surface area contributed by atoms with E-state index in [0.717, 1.165) is 25.2 Å². The Kier molecular flexibility index (Phi) is 5.77. The number of rotatable bonds is 6. The summed E-state index contributed by atoms with van der Waals surface area (Å²) in [6, 6.07) is 17.9. The number of esters is 1. The molecule has 0 spiro atoms. The number of likely N-dealkylation sites (tertiary alicyclic amines) is 1. The van der Waals surface area contributed by atoms with Gasteiger partial charge in [-0.15, -0.1) is 0 Å². The molecule has 0 bridgehead atoms. The Morgan fingerprint density at radius 2 is 1.96 bits per heavy atom. The highest BCUT2D eigenvalue weighted by Gasteiger charge is 2.28. The molecule has 1 fully saturated rings. The zero-order chi connectivity index (χ0) is 19.3. The van der Waals surface area contributed by atoms with Gasteiger partial charge in [-0.25, -0.2) is 4.79 Å². The van der Waals surface area contributed by atoms with Crippen LogP contribution in [-0.4, -0.2) is 43.7 Å². The van der Waals surface area contributed by atoms with E-state index in [1.54, 1.807) is 6.08 Å². The minimum atomic E-state index is -0.326. The molecule has 0 amide bonds. The molecule has 4 rings (SSSR count). The zero-order valence-electron chi connectivity index (χ0n) is 16.5. The molecule has 0 aliphatic carbocycles. The predicted octanol–water partition coefficient (Wildman–Crippen LogP) is 3.90. The van der Waals surface area contributed by atoms with E-state index in [0.29, 0.717) is 6.04 Å². The molecule has 2 aromatic carbocycles. The van der Waals surface area contributed by atoms with E-state index in [9.17, 15) is 4.79 Å². The third kappa shape index (κ3) is 4.28. The molecular formula is C24H28N2O2. The number of hydrogen-bond donors (Lipinski definition) is 0. The number of nitrogens with zero attached hydrogens (tertiary/aromatic N) is 2. The van der Waals surface area contributed by atoms with Gasteiger partial charge < -0.3 is 9.64 Å². The van der Waals surface area contributed by atoms with Gasteiger partial charge in [-0.2, -0.15) is 0 Å². The van der Waals surface area contributed by atoms with Crippen LogP contribution in [0.2, 0.25) is 0 Å².